The Labute approximate surface area is 266 Å². The van der Waals surface area contributed by atoms with Gasteiger partial charge in [-0.25, -0.2) is 9.59 Å². The van der Waals surface area contributed by atoms with Crippen LogP contribution in [0.1, 0.15) is 149 Å². The number of fused-ring (bicyclic) bond motifs is 4. The summed E-state index contributed by atoms with van der Waals surface area (Å²) in [7, 11) is 0. The van der Waals surface area contributed by atoms with Crippen molar-refractivity contribution in [3.63, 3.8) is 0 Å². The van der Waals surface area contributed by atoms with Gasteiger partial charge in [-0.05, 0) is 72.1 Å². The van der Waals surface area contributed by atoms with Crippen molar-refractivity contribution in [2.75, 3.05) is 0 Å². The molecular weight excluding hydrogens is 568 g/mol. The first-order chi connectivity index (χ1) is 21.7. The molecule has 0 spiro atoms. The number of hydrogen-bond acceptors (Lipinski definition) is 8. The van der Waals surface area contributed by atoms with E-state index in [4.69, 9.17) is 9.68 Å². The van der Waals surface area contributed by atoms with Gasteiger partial charge in [-0.15, -0.1) is 0 Å². The molecule has 2 aliphatic carbocycles. The van der Waals surface area contributed by atoms with Crippen LogP contribution in [0, 0.1) is 0 Å². The predicted molar refractivity (Wildman–Crippen MR) is 176 cm³/mol. The fourth-order valence-electron chi connectivity index (χ4n) is 6.70. The molecule has 2 aromatic carbocycles. The molecule has 0 atom stereocenters. The molecule has 0 amide bonds. The van der Waals surface area contributed by atoms with Crippen LogP contribution in [0.3, 0.4) is 0 Å². The Morgan fingerprint density at radius 2 is 1.42 bits per heavy atom. The van der Waals surface area contributed by atoms with Crippen molar-refractivity contribution < 1.29 is 28.9 Å². The van der Waals surface area contributed by atoms with Crippen LogP contribution in [0.25, 0.3) is 11.1 Å². The summed E-state index contributed by atoms with van der Waals surface area (Å²) >= 11 is 0. The second kappa shape index (κ2) is 15.4. The van der Waals surface area contributed by atoms with E-state index in [1.54, 1.807) is 0 Å². The fourth-order valence-corrected chi connectivity index (χ4v) is 6.70. The normalized spacial score (nSPS) is 15.8. The maximum absolute atomic E-state index is 13.9. The second-order valence-electron chi connectivity index (χ2n) is 12.3. The highest BCUT2D eigenvalue weighted by atomic mass is 16.7. The lowest BCUT2D eigenvalue weighted by Gasteiger charge is -2.33. The standard InChI is InChI=1S/C37H46N2O6/c1-6-9-12-13-14-33(38-44-24(4)40)35(42)27-15-17-28-30-21-26-16-18-34(39-45-25(5)41)36(43)29(26)23-32(30)37(19-10-7-2,20-11-8-3)31(28)22-27/h15,17,21-23H,6-14,16,18-20H2,1-5H3/b38-33+,39-34+. The molecule has 4 rings (SSSR count). The Morgan fingerprint density at radius 1 is 0.756 bits per heavy atom. The van der Waals surface area contributed by atoms with Crippen molar-refractivity contribution in [2.24, 2.45) is 10.3 Å². The number of unbranched alkanes of at least 4 members (excludes halogenated alkanes) is 5. The summed E-state index contributed by atoms with van der Waals surface area (Å²) in [5.41, 5.74) is 6.63. The van der Waals surface area contributed by atoms with Crippen LogP contribution in [0.2, 0.25) is 0 Å². The van der Waals surface area contributed by atoms with E-state index < -0.39 is 11.9 Å². The summed E-state index contributed by atoms with van der Waals surface area (Å²) in [5, 5.41) is 7.87. The highest BCUT2D eigenvalue weighted by Crippen LogP contribution is 2.55. The van der Waals surface area contributed by atoms with Crippen molar-refractivity contribution in [1.82, 2.24) is 0 Å². The number of aryl methyl sites for hydroxylation is 1. The third-order valence-corrected chi connectivity index (χ3v) is 9.00. The molecule has 8 nitrogen and oxygen atoms in total. The van der Waals surface area contributed by atoms with Gasteiger partial charge < -0.3 is 9.68 Å². The molecule has 2 aromatic rings. The van der Waals surface area contributed by atoms with Crippen molar-refractivity contribution >= 4 is 34.9 Å². The number of ketones is 2. The minimum atomic E-state index is -0.559. The van der Waals surface area contributed by atoms with Crippen molar-refractivity contribution in [3.8, 4) is 11.1 Å². The van der Waals surface area contributed by atoms with Crippen LogP contribution in [0.4, 0.5) is 0 Å². The van der Waals surface area contributed by atoms with Gasteiger partial charge in [0.15, 0.2) is 0 Å². The van der Waals surface area contributed by atoms with Crippen LogP contribution in [-0.2, 0) is 31.1 Å². The van der Waals surface area contributed by atoms with Crippen molar-refractivity contribution in [1.29, 1.82) is 0 Å². The topological polar surface area (TPSA) is 111 Å². The lowest BCUT2D eigenvalue weighted by Crippen LogP contribution is -2.28. The van der Waals surface area contributed by atoms with E-state index in [0.717, 1.165) is 92.0 Å². The summed E-state index contributed by atoms with van der Waals surface area (Å²) in [6.07, 6.45) is 11.1. The molecular formula is C37H46N2O6. The lowest BCUT2D eigenvalue weighted by molar-refractivity contribution is -0.141. The number of hydrogen-bond donors (Lipinski definition) is 0. The molecule has 0 fully saturated rings. The van der Waals surface area contributed by atoms with Crippen LogP contribution in [0.5, 0.6) is 0 Å². The van der Waals surface area contributed by atoms with E-state index in [2.05, 4.69) is 37.1 Å². The van der Waals surface area contributed by atoms with E-state index in [1.165, 1.54) is 13.8 Å². The zero-order valence-corrected chi connectivity index (χ0v) is 27.4. The van der Waals surface area contributed by atoms with E-state index >= 15 is 0 Å². The molecule has 0 bridgehead atoms. The van der Waals surface area contributed by atoms with Crippen molar-refractivity contribution in [3.05, 3.63) is 58.1 Å². The maximum atomic E-state index is 13.9. The Kier molecular flexibility index (Phi) is 11.6. The molecule has 240 valence electrons. The van der Waals surface area contributed by atoms with Gasteiger partial charge in [0.25, 0.3) is 0 Å². The third kappa shape index (κ3) is 7.48. The molecule has 0 unspecified atom stereocenters. The van der Waals surface area contributed by atoms with Gasteiger partial charge in [-0.2, -0.15) is 0 Å². The van der Waals surface area contributed by atoms with Crippen LogP contribution < -0.4 is 0 Å². The van der Waals surface area contributed by atoms with E-state index in [9.17, 15) is 19.2 Å². The Morgan fingerprint density at radius 3 is 2.07 bits per heavy atom. The van der Waals surface area contributed by atoms with Gasteiger partial charge >= 0.3 is 11.9 Å². The van der Waals surface area contributed by atoms with Gasteiger partial charge in [0, 0.05) is 36.8 Å². The number of benzene rings is 2. The van der Waals surface area contributed by atoms with Crippen LogP contribution in [-0.4, -0.2) is 34.9 Å². The average Bonchev–Trinajstić information content (AvgIpc) is 3.28. The highest BCUT2D eigenvalue weighted by Gasteiger charge is 2.44. The lowest BCUT2D eigenvalue weighted by atomic mass is 9.69. The van der Waals surface area contributed by atoms with Gasteiger partial charge in [0.05, 0.1) is 0 Å². The number of carbonyl (C=O) groups is 4. The smallest absolute Gasteiger partial charge is 0.318 e. The largest absolute Gasteiger partial charge is 0.331 e. The molecule has 0 aliphatic heterocycles. The molecule has 0 saturated carbocycles. The van der Waals surface area contributed by atoms with Gasteiger partial charge in [-0.1, -0.05) is 94.2 Å². The minimum Gasteiger partial charge on any atom is -0.318 e. The molecule has 45 heavy (non-hydrogen) atoms. The molecule has 0 saturated heterocycles. The fraction of sp³-hybridized carbons (Fsp3) is 0.514. The number of Topliss-reactive ketones (excluding diaryl/α,β-unsaturated/α-hetero) is 2. The maximum Gasteiger partial charge on any atom is 0.331 e. The molecule has 2 aliphatic rings. The Balaban J connectivity index is 1.83. The molecule has 0 aromatic heterocycles. The molecule has 0 heterocycles. The molecule has 0 N–H and O–H groups in total. The van der Waals surface area contributed by atoms with E-state index in [0.29, 0.717) is 30.4 Å². The first-order valence-corrected chi connectivity index (χ1v) is 16.6. The minimum absolute atomic E-state index is 0.207. The first-order valence-electron chi connectivity index (χ1n) is 16.6. The summed E-state index contributed by atoms with van der Waals surface area (Å²) in [6, 6.07) is 10.1. The van der Waals surface area contributed by atoms with Crippen molar-refractivity contribution in [2.45, 2.75) is 124 Å². The number of oxime groups is 2. The predicted octanol–water partition coefficient (Wildman–Crippen LogP) is 8.45. The zero-order valence-electron chi connectivity index (χ0n) is 27.4. The van der Waals surface area contributed by atoms with Crippen LogP contribution in [0.15, 0.2) is 40.6 Å². The first kappa shape index (κ1) is 33.9. The SMILES string of the molecule is CCCCCC/C(=N\OC(C)=O)C(=O)c1ccc2c(c1)C(CCCC)(CCCC)c1cc3c(cc1-2)CC/C(=N\OC(C)=O)C3=O. The monoisotopic (exact) mass is 614 g/mol. The zero-order chi connectivity index (χ0) is 32.6. The average molecular weight is 615 g/mol. The Hall–Kier alpha value is -3.94. The van der Waals surface area contributed by atoms with Gasteiger partial charge in [-0.3, -0.25) is 9.59 Å². The highest BCUT2D eigenvalue weighted by molar-refractivity contribution is 6.47. The summed E-state index contributed by atoms with van der Waals surface area (Å²) in [5.74, 6) is -1.56. The van der Waals surface area contributed by atoms with E-state index in [-0.39, 0.29) is 28.4 Å². The Bertz CT molecular complexity index is 1510. The molecule has 8 heteroatoms. The number of carbonyl (C=O) groups excluding carboxylic acids is 4. The summed E-state index contributed by atoms with van der Waals surface area (Å²) in [4.78, 5) is 60.2. The second-order valence-corrected chi connectivity index (χ2v) is 12.3. The number of rotatable bonds is 15. The van der Waals surface area contributed by atoms with Crippen LogP contribution >= 0.6 is 0 Å². The van der Waals surface area contributed by atoms with Gasteiger partial charge in [0.1, 0.15) is 11.4 Å². The van der Waals surface area contributed by atoms with Gasteiger partial charge in [0.2, 0.25) is 11.6 Å². The number of nitrogens with zero attached hydrogens (tertiary/aromatic N) is 2. The quantitative estimate of drug-likeness (QED) is 0.0654. The third-order valence-electron chi connectivity index (χ3n) is 9.00. The van der Waals surface area contributed by atoms with E-state index in [1.807, 2.05) is 24.3 Å². The molecule has 0 radical (unpaired) electrons. The summed E-state index contributed by atoms with van der Waals surface area (Å²) < 4.78 is 0. The summed E-state index contributed by atoms with van der Waals surface area (Å²) in [6.45, 7) is 9.03.